The normalized spacial score (nSPS) is 11.4. The number of rotatable bonds is 5. The molecule has 0 aromatic heterocycles. The van der Waals surface area contributed by atoms with Crippen LogP contribution in [-0.2, 0) is 10.0 Å². The topological polar surface area (TPSA) is 103 Å². The van der Waals surface area contributed by atoms with Gasteiger partial charge in [0.05, 0.1) is 10.7 Å². The summed E-state index contributed by atoms with van der Waals surface area (Å²) in [5.41, 5.74) is 0.608. The molecule has 0 atom stereocenters. The maximum atomic E-state index is 10.7. The molecule has 0 fully saturated rings. The number of thioether (sulfide) groups is 1. The molecule has 0 aliphatic heterocycles. The van der Waals surface area contributed by atoms with E-state index >= 15 is 0 Å². The van der Waals surface area contributed by atoms with E-state index in [1.807, 2.05) is 0 Å². The summed E-state index contributed by atoms with van der Waals surface area (Å²) in [6.45, 7) is 1.64. The van der Waals surface area contributed by atoms with E-state index in [-0.39, 0.29) is 11.4 Å². The number of nitro benzene ring substituents is 1. The zero-order chi connectivity index (χ0) is 13.1. The van der Waals surface area contributed by atoms with Crippen LogP contribution >= 0.6 is 11.8 Å². The summed E-state index contributed by atoms with van der Waals surface area (Å²) in [4.78, 5) is 10.9. The van der Waals surface area contributed by atoms with Crippen molar-refractivity contribution in [2.24, 2.45) is 5.14 Å². The highest BCUT2D eigenvalue weighted by atomic mass is 32.2. The quantitative estimate of drug-likeness (QED) is 0.495. The number of sulfonamides is 1. The van der Waals surface area contributed by atoms with Crippen molar-refractivity contribution in [2.45, 2.75) is 11.8 Å². The first-order chi connectivity index (χ1) is 7.79. The summed E-state index contributed by atoms with van der Waals surface area (Å²) < 4.78 is 21.4. The first kappa shape index (κ1) is 13.9. The summed E-state index contributed by atoms with van der Waals surface area (Å²) in [5.74, 6) is 0.212. The Morgan fingerprint density at radius 3 is 2.59 bits per heavy atom. The number of benzene rings is 1. The third kappa shape index (κ3) is 4.72. The van der Waals surface area contributed by atoms with Crippen LogP contribution in [0.5, 0.6) is 0 Å². The van der Waals surface area contributed by atoms with Gasteiger partial charge in [-0.2, -0.15) is 0 Å². The lowest BCUT2D eigenvalue weighted by Gasteiger charge is -2.02. The van der Waals surface area contributed by atoms with E-state index in [1.165, 1.54) is 17.8 Å². The molecule has 6 nitrogen and oxygen atoms in total. The fourth-order valence-electron chi connectivity index (χ4n) is 1.20. The second kappa shape index (κ2) is 5.48. The first-order valence-corrected chi connectivity index (χ1v) is 7.38. The van der Waals surface area contributed by atoms with Gasteiger partial charge in [0.25, 0.3) is 5.69 Å². The highest BCUT2D eigenvalue weighted by Gasteiger charge is 2.10. The maximum absolute atomic E-state index is 10.7. The minimum atomic E-state index is -3.46. The number of nitrogens with zero attached hydrogens (tertiary/aromatic N) is 1. The van der Waals surface area contributed by atoms with Gasteiger partial charge in [-0.15, -0.1) is 11.8 Å². The lowest BCUT2D eigenvalue weighted by Crippen LogP contribution is -2.17. The zero-order valence-corrected chi connectivity index (χ0v) is 10.8. The molecule has 0 aliphatic carbocycles. The predicted molar refractivity (Wildman–Crippen MR) is 66.5 cm³/mol. The molecule has 8 heteroatoms. The Morgan fingerprint density at radius 1 is 1.47 bits per heavy atom. The molecule has 94 valence electrons. The molecule has 1 rings (SSSR count). The lowest BCUT2D eigenvalue weighted by atomic mass is 10.2. The standard InChI is InChI=1S/C9H12N2O4S2/c1-7-6-8(2-3-9(7)11(12)13)16-4-5-17(10,14)15/h2-3,6H,4-5H2,1H3,(H2,10,14,15). The van der Waals surface area contributed by atoms with E-state index in [2.05, 4.69) is 0 Å². The highest BCUT2D eigenvalue weighted by Crippen LogP contribution is 2.25. The van der Waals surface area contributed by atoms with Crippen LogP contribution in [0.15, 0.2) is 23.1 Å². The van der Waals surface area contributed by atoms with E-state index in [0.717, 1.165) is 4.90 Å². The van der Waals surface area contributed by atoms with Crippen LogP contribution in [0.1, 0.15) is 5.56 Å². The first-order valence-electron chi connectivity index (χ1n) is 4.68. The Balaban J connectivity index is 2.68. The van der Waals surface area contributed by atoms with Gasteiger partial charge < -0.3 is 0 Å². The van der Waals surface area contributed by atoms with Gasteiger partial charge >= 0.3 is 0 Å². The molecule has 0 spiro atoms. The van der Waals surface area contributed by atoms with Gasteiger partial charge in [-0.05, 0) is 19.1 Å². The van der Waals surface area contributed by atoms with Crippen molar-refractivity contribution in [1.82, 2.24) is 0 Å². The third-order valence-corrected chi connectivity index (χ3v) is 4.03. The van der Waals surface area contributed by atoms with E-state index in [0.29, 0.717) is 11.3 Å². The molecular weight excluding hydrogens is 264 g/mol. The Kier molecular flexibility index (Phi) is 4.49. The minimum Gasteiger partial charge on any atom is -0.258 e. The highest BCUT2D eigenvalue weighted by molar-refractivity contribution is 8.00. The third-order valence-electron chi connectivity index (χ3n) is 2.00. The molecule has 1 aromatic carbocycles. The van der Waals surface area contributed by atoms with Crippen LogP contribution in [0.2, 0.25) is 0 Å². The van der Waals surface area contributed by atoms with Gasteiger partial charge in [0.2, 0.25) is 10.0 Å². The predicted octanol–water partition coefficient (Wildman–Crippen LogP) is 1.28. The van der Waals surface area contributed by atoms with Gasteiger partial charge in [-0.25, -0.2) is 13.6 Å². The van der Waals surface area contributed by atoms with Crippen LogP contribution in [0, 0.1) is 17.0 Å². The van der Waals surface area contributed by atoms with Crippen molar-refractivity contribution in [3.05, 3.63) is 33.9 Å². The molecule has 0 saturated carbocycles. The van der Waals surface area contributed by atoms with Crippen LogP contribution in [0.3, 0.4) is 0 Å². The Bertz CT molecular complexity index is 528. The largest absolute Gasteiger partial charge is 0.272 e. The molecule has 1 aromatic rings. The van der Waals surface area contributed by atoms with Crippen molar-refractivity contribution >= 4 is 27.5 Å². The average Bonchev–Trinajstić information content (AvgIpc) is 2.15. The van der Waals surface area contributed by atoms with Gasteiger partial charge in [0, 0.05) is 22.3 Å². The van der Waals surface area contributed by atoms with Crippen LogP contribution in [-0.4, -0.2) is 24.8 Å². The summed E-state index contributed by atoms with van der Waals surface area (Å²) in [7, 11) is -3.46. The molecule has 0 radical (unpaired) electrons. The second-order valence-electron chi connectivity index (χ2n) is 3.42. The SMILES string of the molecule is Cc1cc(SCCS(N)(=O)=O)ccc1[N+](=O)[O-]. The van der Waals surface area contributed by atoms with Crippen LogP contribution in [0.25, 0.3) is 0 Å². The smallest absolute Gasteiger partial charge is 0.258 e. The Labute approximate surface area is 103 Å². The Hall–Kier alpha value is -1.12. The minimum absolute atomic E-state index is 0.0563. The molecule has 0 bridgehead atoms. The van der Waals surface area contributed by atoms with E-state index in [1.54, 1.807) is 19.1 Å². The molecule has 0 aliphatic rings. The molecular formula is C9H12N2O4S2. The van der Waals surface area contributed by atoms with Crippen molar-refractivity contribution < 1.29 is 13.3 Å². The van der Waals surface area contributed by atoms with E-state index in [4.69, 9.17) is 5.14 Å². The van der Waals surface area contributed by atoms with E-state index in [9.17, 15) is 18.5 Å². The number of hydrogen-bond acceptors (Lipinski definition) is 5. The summed E-state index contributed by atoms with van der Waals surface area (Å²) >= 11 is 1.30. The number of nitro groups is 1. The zero-order valence-electron chi connectivity index (χ0n) is 9.12. The van der Waals surface area contributed by atoms with Gasteiger partial charge in [-0.1, -0.05) is 0 Å². The molecule has 0 unspecified atom stereocenters. The molecule has 0 amide bonds. The average molecular weight is 276 g/mol. The molecule has 17 heavy (non-hydrogen) atoms. The molecule has 2 N–H and O–H groups in total. The van der Waals surface area contributed by atoms with Crippen molar-refractivity contribution in [3.8, 4) is 0 Å². The molecule has 0 heterocycles. The number of primary sulfonamides is 1. The van der Waals surface area contributed by atoms with Crippen molar-refractivity contribution in [3.63, 3.8) is 0 Å². The summed E-state index contributed by atoms with van der Waals surface area (Å²) in [6, 6.07) is 4.67. The van der Waals surface area contributed by atoms with Crippen molar-refractivity contribution in [1.29, 1.82) is 0 Å². The van der Waals surface area contributed by atoms with E-state index < -0.39 is 14.9 Å². The van der Waals surface area contributed by atoms with Gasteiger partial charge in [0.15, 0.2) is 0 Å². The van der Waals surface area contributed by atoms with Gasteiger partial charge in [-0.3, -0.25) is 10.1 Å². The van der Waals surface area contributed by atoms with Crippen LogP contribution < -0.4 is 5.14 Å². The van der Waals surface area contributed by atoms with Gasteiger partial charge in [0.1, 0.15) is 0 Å². The van der Waals surface area contributed by atoms with Crippen molar-refractivity contribution in [2.75, 3.05) is 11.5 Å². The maximum Gasteiger partial charge on any atom is 0.272 e. The summed E-state index contributed by atoms with van der Waals surface area (Å²) in [5, 5.41) is 15.4. The monoisotopic (exact) mass is 276 g/mol. The fraction of sp³-hybridized carbons (Fsp3) is 0.333. The van der Waals surface area contributed by atoms with Crippen LogP contribution in [0.4, 0.5) is 5.69 Å². The summed E-state index contributed by atoms with van der Waals surface area (Å²) in [6.07, 6.45) is 0. The number of nitrogens with two attached hydrogens (primary N) is 1. The second-order valence-corrected chi connectivity index (χ2v) is 6.32. The number of aryl methyl sites for hydroxylation is 1. The molecule has 0 saturated heterocycles. The fourth-order valence-corrected chi connectivity index (χ4v) is 3.12. The Morgan fingerprint density at radius 2 is 2.12 bits per heavy atom. The lowest BCUT2D eigenvalue weighted by molar-refractivity contribution is -0.385. The number of hydrogen-bond donors (Lipinski definition) is 1.